The first-order chi connectivity index (χ1) is 8.50. The molecule has 0 bridgehead atoms. The maximum absolute atomic E-state index is 11.1. The van der Waals surface area contributed by atoms with Crippen molar-refractivity contribution < 1.29 is 10.0 Å². The van der Waals surface area contributed by atoms with E-state index < -0.39 is 11.0 Å². The van der Waals surface area contributed by atoms with Crippen LogP contribution in [0.15, 0.2) is 30.6 Å². The maximum Gasteiger partial charge on any atom is 0.293 e. The van der Waals surface area contributed by atoms with E-state index in [1.807, 2.05) is 0 Å². The highest BCUT2D eigenvalue weighted by Crippen LogP contribution is 2.27. The van der Waals surface area contributed by atoms with Gasteiger partial charge in [-0.05, 0) is 25.5 Å². The summed E-state index contributed by atoms with van der Waals surface area (Å²) in [4.78, 5) is 14.7. The van der Waals surface area contributed by atoms with Crippen molar-refractivity contribution >= 4 is 5.69 Å². The third-order valence-corrected chi connectivity index (χ3v) is 2.76. The van der Waals surface area contributed by atoms with Crippen LogP contribution in [0.1, 0.15) is 24.4 Å². The zero-order valence-corrected chi connectivity index (χ0v) is 10.1. The molecule has 1 N–H and O–H groups in total. The number of benzene rings is 1. The predicted octanol–water partition coefficient (Wildman–Crippen LogP) is 2.14. The van der Waals surface area contributed by atoms with Crippen molar-refractivity contribution in [2.45, 2.75) is 20.0 Å². The lowest BCUT2D eigenvalue weighted by Crippen LogP contribution is -2.03. The van der Waals surface area contributed by atoms with Crippen LogP contribution in [0.5, 0.6) is 0 Å². The second-order valence-corrected chi connectivity index (χ2v) is 4.03. The van der Waals surface area contributed by atoms with Crippen LogP contribution >= 0.6 is 0 Å². The van der Waals surface area contributed by atoms with Gasteiger partial charge in [-0.25, -0.2) is 4.98 Å². The van der Waals surface area contributed by atoms with Crippen molar-refractivity contribution in [3.63, 3.8) is 0 Å². The summed E-state index contributed by atoms with van der Waals surface area (Å²) in [7, 11) is 0. The van der Waals surface area contributed by atoms with Crippen LogP contribution in [0, 0.1) is 17.0 Å². The minimum atomic E-state index is -0.735. The van der Waals surface area contributed by atoms with Gasteiger partial charge in [0.1, 0.15) is 11.5 Å². The molecular formula is C12H13N3O3. The number of aliphatic hydroxyl groups is 1. The molecule has 0 aliphatic heterocycles. The van der Waals surface area contributed by atoms with Crippen molar-refractivity contribution in [2.75, 3.05) is 0 Å². The first-order valence-corrected chi connectivity index (χ1v) is 5.47. The molecule has 2 aromatic rings. The quantitative estimate of drug-likeness (QED) is 0.665. The molecule has 0 amide bonds. The first kappa shape index (κ1) is 12.3. The average Bonchev–Trinajstić information content (AvgIpc) is 2.74. The van der Waals surface area contributed by atoms with E-state index >= 15 is 0 Å². The SMILES string of the molecule is Cc1nccn1-c1ccc([C@H](C)O)cc1[N+](=O)[O-]. The zero-order valence-electron chi connectivity index (χ0n) is 10.1. The maximum atomic E-state index is 11.1. The molecule has 1 atom stereocenters. The van der Waals surface area contributed by atoms with Crippen LogP contribution in [0.3, 0.4) is 0 Å². The number of aryl methyl sites for hydroxylation is 1. The fourth-order valence-corrected chi connectivity index (χ4v) is 1.78. The average molecular weight is 247 g/mol. The lowest BCUT2D eigenvalue weighted by atomic mass is 10.1. The largest absolute Gasteiger partial charge is 0.389 e. The van der Waals surface area contributed by atoms with Crippen LogP contribution in [-0.2, 0) is 0 Å². The molecular weight excluding hydrogens is 234 g/mol. The normalized spacial score (nSPS) is 12.4. The second kappa shape index (κ2) is 4.58. The molecule has 0 fully saturated rings. The molecule has 18 heavy (non-hydrogen) atoms. The van der Waals surface area contributed by atoms with Gasteiger partial charge in [0.2, 0.25) is 0 Å². The van der Waals surface area contributed by atoms with Crippen LogP contribution < -0.4 is 0 Å². The minimum absolute atomic E-state index is 0.0468. The monoisotopic (exact) mass is 247 g/mol. The number of nitro groups is 1. The van der Waals surface area contributed by atoms with E-state index in [0.29, 0.717) is 17.1 Å². The summed E-state index contributed by atoms with van der Waals surface area (Å²) in [5, 5.41) is 20.6. The molecule has 0 aliphatic carbocycles. The van der Waals surface area contributed by atoms with Gasteiger partial charge in [0.05, 0.1) is 11.0 Å². The number of aromatic nitrogens is 2. The molecule has 2 rings (SSSR count). The summed E-state index contributed by atoms with van der Waals surface area (Å²) >= 11 is 0. The Morgan fingerprint density at radius 1 is 1.50 bits per heavy atom. The van der Waals surface area contributed by atoms with Crippen LogP contribution in [-0.4, -0.2) is 19.6 Å². The Balaban J connectivity index is 2.61. The number of nitro benzene ring substituents is 1. The predicted molar refractivity (Wildman–Crippen MR) is 65.6 cm³/mol. The minimum Gasteiger partial charge on any atom is -0.389 e. The van der Waals surface area contributed by atoms with Crippen molar-refractivity contribution in [3.8, 4) is 5.69 Å². The standard InChI is InChI=1S/C12H13N3O3/c1-8(16)10-3-4-11(12(7-10)15(17)18)14-6-5-13-9(14)2/h3-8,16H,1-2H3/t8-/m0/s1. The van der Waals surface area contributed by atoms with Crippen molar-refractivity contribution in [1.29, 1.82) is 0 Å². The molecule has 6 nitrogen and oxygen atoms in total. The van der Waals surface area contributed by atoms with Gasteiger partial charge in [0.15, 0.2) is 0 Å². The highest BCUT2D eigenvalue weighted by molar-refractivity contribution is 5.55. The number of aliphatic hydroxyl groups excluding tert-OH is 1. The van der Waals surface area contributed by atoms with Gasteiger partial charge >= 0.3 is 0 Å². The van der Waals surface area contributed by atoms with Gasteiger partial charge in [-0.15, -0.1) is 0 Å². The molecule has 0 aliphatic rings. The van der Waals surface area contributed by atoms with E-state index in [2.05, 4.69) is 4.98 Å². The topological polar surface area (TPSA) is 81.2 Å². The Kier molecular flexibility index (Phi) is 3.12. The molecule has 6 heteroatoms. The summed E-state index contributed by atoms with van der Waals surface area (Å²) in [6.45, 7) is 3.34. The molecule has 94 valence electrons. The molecule has 0 unspecified atom stereocenters. The summed E-state index contributed by atoms with van der Waals surface area (Å²) < 4.78 is 1.64. The van der Waals surface area contributed by atoms with Gasteiger partial charge in [0.25, 0.3) is 5.69 Å². The third kappa shape index (κ3) is 2.10. The number of nitrogens with zero attached hydrogens (tertiary/aromatic N) is 3. The molecule has 0 spiro atoms. The summed E-state index contributed by atoms with van der Waals surface area (Å²) in [5.74, 6) is 0.669. The van der Waals surface area contributed by atoms with E-state index in [4.69, 9.17) is 0 Å². The number of hydrogen-bond acceptors (Lipinski definition) is 4. The summed E-state index contributed by atoms with van der Waals surface area (Å²) in [5.41, 5.74) is 0.914. The third-order valence-electron chi connectivity index (χ3n) is 2.76. The molecule has 0 saturated heterocycles. The van der Waals surface area contributed by atoms with Crippen molar-refractivity contribution in [1.82, 2.24) is 9.55 Å². The summed E-state index contributed by atoms with van der Waals surface area (Å²) in [6, 6.07) is 4.68. The van der Waals surface area contributed by atoms with E-state index in [1.54, 1.807) is 42.9 Å². The highest BCUT2D eigenvalue weighted by Gasteiger charge is 2.18. The lowest BCUT2D eigenvalue weighted by molar-refractivity contribution is -0.384. The van der Waals surface area contributed by atoms with Crippen molar-refractivity contribution in [3.05, 3.63) is 52.1 Å². The molecule has 1 aromatic carbocycles. The van der Waals surface area contributed by atoms with E-state index in [0.717, 1.165) is 0 Å². The molecule has 0 radical (unpaired) electrons. The zero-order chi connectivity index (χ0) is 13.3. The van der Waals surface area contributed by atoms with Gasteiger partial charge in [-0.3, -0.25) is 14.7 Å². The first-order valence-electron chi connectivity index (χ1n) is 5.47. The highest BCUT2D eigenvalue weighted by atomic mass is 16.6. The number of imidazole rings is 1. The Morgan fingerprint density at radius 3 is 2.72 bits per heavy atom. The van der Waals surface area contributed by atoms with Crippen LogP contribution in [0.25, 0.3) is 5.69 Å². The smallest absolute Gasteiger partial charge is 0.293 e. The van der Waals surface area contributed by atoms with E-state index in [-0.39, 0.29) is 5.69 Å². The van der Waals surface area contributed by atoms with E-state index in [9.17, 15) is 15.2 Å². The fourth-order valence-electron chi connectivity index (χ4n) is 1.78. The number of rotatable bonds is 3. The van der Waals surface area contributed by atoms with Gasteiger partial charge in [-0.2, -0.15) is 0 Å². The second-order valence-electron chi connectivity index (χ2n) is 4.03. The van der Waals surface area contributed by atoms with Gasteiger partial charge in [-0.1, -0.05) is 6.07 Å². The Labute approximate surface area is 104 Å². The molecule has 1 heterocycles. The summed E-state index contributed by atoms with van der Waals surface area (Å²) in [6.07, 6.45) is 2.52. The van der Waals surface area contributed by atoms with E-state index in [1.165, 1.54) is 6.07 Å². The Hall–Kier alpha value is -2.21. The Morgan fingerprint density at radius 2 is 2.22 bits per heavy atom. The molecule has 1 aromatic heterocycles. The lowest BCUT2D eigenvalue weighted by Gasteiger charge is -2.09. The Bertz CT molecular complexity index is 590. The van der Waals surface area contributed by atoms with Gasteiger partial charge in [0, 0.05) is 18.5 Å². The fraction of sp³-hybridized carbons (Fsp3) is 0.250. The van der Waals surface area contributed by atoms with Crippen molar-refractivity contribution in [2.24, 2.45) is 0 Å². The van der Waals surface area contributed by atoms with Crippen LogP contribution in [0.2, 0.25) is 0 Å². The van der Waals surface area contributed by atoms with Crippen LogP contribution in [0.4, 0.5) is 5.69 Å². The number of hydrogen-bond donors (Lipinski definition) is 1. The van der Waals surface area contributed by atoms with Gasteiger partial charge < -0.3 is 5.11 Å². The molecule has 0 saturated carbocycles.